The minimum atomic E-state index is -0.609. The third-order valence-electron chi connectivity index (χ3n) is 5.88. The molecule has 7 nitrogen and oxygen atoms in total. The van der Waals surface area contributed by atoms with Crippen LogP contribution in [0.2, 0.25) is 0 Å². The molecule has 33 heavy (non-hydrogen) atoms. The first-order valence-electron chi connectivity index (χ1n) is 11.1. The number of halogens is 1. The smallest absolute Gasteiger partial charge is 0.283 e. The number of piperidine rings is 1. The number of carbonyl (C=O) groups excluding carboxylic acids is 3. The molecule has 8 heteroatoms. The Morgan fingerprint density at radius 2 is 1.88 bits per heavy atom. The van der Waals surface area contributed by atoms with Crippen molar-refractivity contribution in [3.8, 4) is 5.75 Å². The standard InChI is InChI=1S/C25H26ClN3O4/c1-3-33-20-12-10-19(11-13-20)29-24(31)21(26)22(25(29)32)27-18-9-6-8-17(15-18)23(30)28-14-5-4-7-16(28)2/h6,8-13,15-16,27H,3-5,7,14H2,1-2H3. The van der Waals surface area contributed by atoms with Gasteiger partial charge in [-0.25, -0.2) is 4.90 Å². The number of benzene rings is 2. The molecular formula is C25H26ClN3O4. The fourth-order valence-corrected chi connectivity index (χ4v) is 4.36. The summed E-state index contributed by atoms with van der Waals surface area (Å²) >= 11 is 6.25. The molecule has 2 aromatic carbocycles. The minimum Gasteiger partial charge on any atom is -0.494 e. The Morgan fingerprint density at radius 3 is 2.58 bits per heavy atom. The molecule has 2 heterocycles. The van der Waals surface area contributed by atoms with Gasteiger partial charge in [-0.15, -0.1) is 0 Å². The number of nitrogens with one attached hydrogen (secondary N) is 1. The minimum absolute atomic E-state index is 0.0218. The van der Waals surface area contributed by atoms with Gasteiger partial charge in [-0.05, 0) is 75.6 Å². The van der Waals surface area contributed by atoms with Crippen molar-refractivity contribution in [2.24, 2.45) is 0 Å². The van der Waals surface area contributed by atoms with Crippen LogP contribution in [0.15, 0.2) is 59.3 Å². The number of nitrogens with zero attached hydrogens (tertiary/aromatic N) is 2. The molecule has 2 aromatic rings. The second-order valence-electron chi connectivity index (χ2n) is 8.11. The quantitative estimate of drug-likeness (QED) is 0.631. The average molecular weight is 468 g/mol. The molecule has 1 saturated heterocycles. The highest BCUT2D eigenvalue weighted by atomic mass is 35.5. The highest BCUT2D eigenvalue weighted by Crippen LogP contribution is 2.31. The van der Waals surface area contributed by atoms with E-state index in [2.05, 4.69) is 12.2 Å². The van der Waals surface area contributed by atoms with Crippen LogP contribution in [0.25, 0.3) is 0 Å². The van der Waals surface area contributed by atoms with Gasteiger partial charge in [-0.3, -0.25) is 14.4 Å². The predicted octanol–water partition coefficient (Wildman–Crippen LogP) is 4.54. The predicted molar refractivity (Wildman–Crippen MR) is 127 cm³/mol. The van der Waals surface area contributed by atoms with Crippen LogP contribution in [0.3, 0.4) is 0 Å². The summed E-state index contributed by atoms with van der Waals surface area (Å²) in [6.07, 6.45) is 3.11. The highest BCUT2D eigenvalue weighted by molar-refractivity contribution is 6.53. The zero-order valence-corrected chi connectivity index (χ0v) is 19.4. The van der Waals surface area contributed by atoms with E-state index in [0.29, 0.717) is 29.3 Å². The second-order valence-corrected chi connectivity index (χ2v) is 8.49. The molecule has 172 valence electrons. The number of anilines is 2. The van der Waals surface area contributed by atoms with Crippen LogP contribution in [0, 0.1) is 0 Å². The average Bonchev–Trinajstić information content (AvgIpc) is 3.03. The van der Waals surface area contributed by atoms with Crippen molar-refractivity contribution in [1.29, 1.82) is 0 Å². The molecule has 1 fully saturated rings. The largest absolute Gasteiger partial charge is 0.494 e. The Morgan fingerprint density at radius 1 is 1.12 bits per heavy atom. The zero-order valence-electron chi connectivity index (χ0n) is 18.6. The number of imide groups is 1. The van der Waals surface area contributed by atoms with Gasteiger partial charge in [0.2, 0.25) is 0 Å². The summed E-state index contributed by atoms with van der Waals surface area (Å²) in [5.74, 6) is -0.573. The Bertz CT molecular complexity index is 1110. The van der Waals surface area contributed by atoms with E-state index in [4.69, 9.17) is 16.3 Å². The summed E-state index contributed by atoms with van der Waals surface area (Å²) in [4.78, 5) is 41.7. The summed E-state index contributed by atoms with van der Waals surface area (Å²) in [6.45, 7) is 5.18. The van der Waals surface area contributed by atoms with Crippen LogP contribution in [0.5, 0.6) is 5.75 Å². The van der Waals surface area contributed by atoms with Crippen LogP contribution in [0.4, 0.5) is 11.4 Å². The van der Waals surface area contributed by atoms with Crippen LogP contribution in [-0.2, 0) is 9.59 Å². The van der Waals surface area contributed by atoms with Crippen molar-refractivity contribution in [3.63, 3.8) is 0 Å². The monoisotopic (exact) mass is 467 g/mol. The molecule has 0 aliphatic carbocycles. The lowest BCUT2D eigenvalue weighted by Gasteiger charge is -2.33. The molecule has 0 spiro atoms. The van der Waals surface area contributed by atoms with Crippen molar-refractivity contribution >= 4 is 40.7 Å². The maximum atomic E-state index is 13.0. The van der Waals surface area contributed by atoms with Crippen molar-refractivity contribution in [2.75, 3.05) is 23.4 Å². The summed E-state index contributed by atoms with van der Waals surface area (Å²) in [7, 11) is 0. The fourth-order valence-electron chi connectivity index (χ4n) is 4.14. The van der Waals surface area contributed by atoms with Crippen molar-refractivity contribution in [1.82, 2.24) is 4.90 Å². The van der Waals surface area contributed by atoms with E-state index in [-0.39, 0.29) is 22.7 Å². The van der Waals surface area contributed by atoms with E-state index in [1.165, 1.54) is 0 Å². The number of ether oxygens (including phenoxy) is 1. The summed E-state index contributed by atoms with van der Waals surface area (Å²) < 4.78 is 5.41. The summed E-state index contributed by atoms with van der Waals surface area (Å²) in [6, 6.07) is 13.7. The van der Waals surface area contributed by atoms with Gasteiger partial charge in [0.25, 0.3) is 17.7 Å². The zero-order chi connectivity index (χ0) is 23.5. The third-order valence-corrected chi connectivity index (χ3v) is 6.23. The third kappa shape index (κ3) is 4.59. The van der Waals surface area contributed by atoms with Gasteiger partial charge in [-0.1, -0.05) is 17.7 Å². The topological polar surface area (TPSA) is 79.0 Å². The number of rotatable bonds is 6. The summed E-state index contributed by atoms with van der Waals surface area (Å²) in [5.41, 5.74) is 1.40. The number of hydrogen-bond donors (Lipinski definition) is 1. The SMILES string of the molecule is CCOc1ccc(N2C(=O)C(Cl)=C(Nc3cccc(C(=O)N4CCCCC4C)c3)C2=O)cc1. The molecule has 1 N–H and O–H groups in total. The highest BCUT2D eigenvalue weighted by Gasteiger charge is 2.39. The Balaban J connectivity index is 1.53. The number of amides is 3. The van der Waals surface area contributed by atoms with Crippen molar-refractivity contribution in [3.05, 3.63) is 64.8 Å². The molecule has 3 amide bonds. The van der Waals surface area contributed by atoms with Gasteiger partial charge in [0.1, 0.15) is 16.5 Å². The van der Waals surface area contributed by atoms with Crippen LogP contribution in [0.1, 0.15) is 43.5 Å². The maximum absolute atomic E-state index is 13.0. The van der Waals surface area contributed by atoms with Crippen LogP contribution < -0.4 is 15.0 Å². The molecule has 0 radical (unpaired) electrons. The van der Waals surface area contributed by atoms with Crippen LogP contribution >= 0.6 is 11.6 Å². The first-order valence-corrected chi connectivity index (χ1v) is 11.5. The van der Waals surface area contributed by atoms with Gasteiger partial charge < -0.3 is 15.0 Å². The number of carbonyl (C=O) groups is 3. The normalized spacial score (nSPS) is 18.7. The molecule has 1 atom stereocenters. The fraction of sp³-hybridized carbons (Fsp3) is 0.320. The lowest BCUT2D eigenvalue weighted by atomic mass is 10.0. The number of likely N-dealkylation sites (tertiary alicyclic amines) is 1. The van der Waals surface area contributed by atoms with E-state index < -0.39 is 11.8 Å². The van der Waals surface area contributed by atoms with Gasteiger partial charge in [-0.2, -0.15) is 0 Å². The van der Waals surface area contributed by atoms with Crippen molar-refractivity contribution in [2.45, 2.75) is 39.2 Å². The van der Waals surface area contributed by atoms with Gasteiger partial charge in [0.15, 0.2) is 0 Å². The molecule has 0 bridgehead atoms. The van der Waals surface area contributed by atoms with E-state index >= 15 is 0 Å². The Labute approximate surface area is 198 Å². The maximum Gasteiger partial charge on any atom is 0.283 e. The van der Waals surface area contributed by atoms with E-state index in [9.17, 15) is 14.4 Å². The van der Waals surface area contributed by atoms with E-state index in [1.807, 2.05) is 11.8 Å². The molecule has 4 rings (SSSR count). The molecule has 2 aliphatic rings. The second kappa shape index (κ2) is 9.67. The van der Waals surface area contributed by atoms with Crippen LogP contribution in [-0.4, -0.2) is 41.8 Å². The molecular weight excluding hydrogens is 442 g/mol. The first-order chi connectivity index (χ1) is 15.9. The molecule has 0 aromatic heterocycles. The van der Waals surface area contributed by atoms with E-state index in [1.54, 1.807) is 48.5 Å². The van der Waals surface area contributed by atoms with Gasteiger partial charge in [0, 0.05) is 23.8 Å². The van der Waals surface area contributed by atoms with Gasteiger partial charge in [0.05, 0.1) is 12.3 Å². The Hall–Kier alpha value is -3.32. The molecule has 1 unspecified atom stereocenters. The molecule has 2 aliphatic heterocycles. The lowest BCUT2D eigenvalue weighted by Crippen LogP contribution is -2.42. The number of hydrogen-bond acceptors (Lipinski definition) is 5. The molecule has 0 saturated carbocycles. The van der Waals surface area contributed by atoms with Crippen molar-refractivity contribution < 1.29 is 19.1 Å². The van der Waals surface area contributed by atoms with E-state index in [0.717, 1.165) is 30.7 Å². The lowest BCUT2D eigenvalue weighted by molar-refractivity contribution is -0.120. The van der Waals surface area contributed by atoms with Gasteiger partial charge >= 0.3 is 0 Å². The summed E-state index contributed by atoms with van der Waals surface area (Å²) in [5, 5.41) is 2.75. The first kappa shape index (κ1) is 22.9. The Kier molecular flexibility index (Phi) is 6.70.